The highest BCUT2D eigenvalue weighted by atomic mass is 15.2. The first-order valence-corrected chi connectivity index (χ1v) is 6.16. The van der Waals surface area contributed by atoms with Crippen LogP contribution in [0.4, 0.5) is 11.5 Å². The van der Waals surface area contributed by atoms with E-state index >= 15 is 0 Å². The van der Waals surface area contributed by atoms with E-state index in [4.69, 9.17) is 5.73 Å². The van der Waals surface area contributed by atoms with Gasteiger partial charge in [-0.15, -0.1) is 0 Å². The molecule has 0 fully saturated rings. The second kappa shape index (κ2) is 5.65. The molecule has 94 valence electrons. The zero-order chi connectivity index (χ0) is 13.0. The molecule has 1 aromatic carbocycles. The SMILES string of the molecule is Cc1cccc(N(C)c2ncccc2CCN)c1. The van der Waals surface area contributed by atoms with Crippen molar-refractivity contribution in [3.8, 4) is 0 Å². The second-order valence-corrected chi connectivity index (χ2v) is 4.42. The third kappa shape index (κ3) is 2.68. The van der Waals surface area contributed by atoms with E-state index in [0.29, 0.717) is 6.54 Å². The number of hydrogen-bond acceptors (Lipinski definition) is 3. The average Bonchev–Trinajstić information content (AvgIpc) is 2.39. The summed E-state index contributed by atoms with van der Waals surface area (Å²) in [4.78, 5) is 6.58. The van der Waals surface area contributed by atoms with Gasteiger partial charge in [0.1, 0.15) is 5.82 Å². The first kappa shape index (κ1) is 12.6. The molecule has 0 aliphatic carbocycles. The van der Waals surface area contributed by atoms with Crippen LogP contribution in [0.25, 0.3) is 0 Å². The molecule has 0 unspecified atom stereocenters. The Morgan fingerprint density at radius 1 is 1.22 bits per heavy atom. The van der Waals surface area contributed by atoms with Crippen molar-refractivity contribution in [2.24, 2.45) is 5.73 Å². The molecule has 0 amide bonds. The highest BCUT2D eigenvalue weighted by Crippen LogP contribution is 2.25. The van der Waals surface area contributed by atoms with Gasteiger partial charge in [-0.25, -0.2) is 4.98 Å². The standard InChI is InChI=1S/C15H19N3/c1-12-5-3-7-14(11-12)18(2)15-13(8-9-16)6-4-10-17-15/h3-7,10-11H,8-9,16H2,1-2H3. The first-order valence-electron chi connectivity index (χ1n) is 6.16. The van der Waals surface area contributed by atoms with E-state index in [2.05, 4.69) is 47.1 Å². The summed E-state index contributed by atoms with van der Waals surface area (Å²) >= 11 is 0. The van der Waals surface area contributed by atoms with Gasteiger partial charge < -0.3 is 10.6 Å². The molecule has 3 heteroatoms. The molecule has 2 rings (SSSR count). The molecular weight excluding hydrogens is 222 g/mol. The van der Waals surface area contributed by atoms with Crippen molar-refractivity contribution in [3.05, 3.63) is 53.7 Å². The van der Waals surface area contributed by atoms with Crippen LogP contribution in [0.2, 0.25) is 0 Å². The van der Waals surface area contributed by atoms with Crippen molar-refractivity contribution in [2.45, 2.75) is 13.3 Å². The fraction of sp³-hybridized carbons (Fsp3) is 0.267. The van der Waals surface area contributed by atoms with E-state index in [1.165, 1.54) is 11.1 Å². The fourth-order valence-electron chi connectivity index (χ4n) is 2.04. The lowest BCUT2D eigenvalue weighted by atomic mass is 10.1. The molecule has 0 bridgehead atoms. The maximum absolute atomic E-state index is 5.65. The highest BCUT2D eigenvalue weighted by molar-refractivity contribution is 5.62. The maximum Gasteiger partial charge on any atom is 0.135 e. The monoisotopic (exact) mass is 241 g/mol. The van der Waals surface area contributed by atoms with Crippen LogP contribution in [-0.4, -0.2) is 18.6 Å². The second-order valence-electron chi connectivity index (χ2n) is 4.42. The third-order valence-corrected chi connectivity index (χ3v) is 2.99. The van der Waals surface area contributed by atoms with Crippen molar-refractivity contribution >= 4 is 11.5 Å². The average molecular weight is 241 g/mol. The number of aryl methyl sites for hydroxylation is 1. The van der Waals surface area contributed by atoms with Crippen LogP contribution in [0.1, 0.15) is 11.1 Å². The summed E-state index contributed by atoms with van der Waals surface area (Å²) in [6, 6.07) is 12.4. The largest absolute Gasteiger partial charge is 0.330 e. The Bertz CT molecular complexity index is 523. The van der Waals surface area contributed by atoms with Crippen LogP contribution in [-0.2, 0) is 6.42 Å². The summed E-state index contributed by atoms with van der Waals surface area (Å²) in [7, 11) is 2.04. The Morgan fingerprint density at radius 2 is 2.06 bits per heavy atom. The summed E-state index contributed by atoms with van der Waals surface area (Å²) in [5.41, 5.74) is 9.22. The first-order chi connectivity index (χ1) is 8.72. The predicted molar refractivity (Wildman–Crippen MR) is 76.2 cm³/mol. The van der Waals surface area contributed by atoms with Crippen LogP contribution >= 0.6 is 0 Å². The van der Waals surface area contributed by atoms with Crippen molar-refractivity contribution < 1.29 is 0 Å². The van der Waals surface area contributed by atoms with Crippen LogP contribution in [0.3, 0.4) is 0 Å². The zero-order valence-electron chi connectivity index (χ0n) is 10.9. The van der Waals surface area contributed by atoms with Gasteiger partial charge in [-0.3, -0.25) is 0 Å². The number of anilines is 2. The number of aromatic nitrogens is 1. The minimum absolute atomic E-state index is 0.639. The number of nitrogens with zero attached hydrogens (tertiary/aromatic N) is 2. The van der Waals surface area contributed by atoms with Gasteiger partial charge in [-0.05, 0) is 49.2 Å². The Kier molecular flexibility index (Phi) is 3.95. The van der Waals surface area contributed by atoms with Gasteiger partial charge in [0.2, 0.25) is 0 Å². The van der Waals surface area contributed by atoms with Gasteiger partial charge in [0, 0.05) is 18.9 Å². The van der Waals surface area contributed by atoms with E-state index in [1.807, 2.05) is 19.3 Å². The quantitative estimate of drug-likeness (QED) is 0.894. The van der Waals surface area contributed by atoms with Gasteiger partial charge in [-0.2, -0.15) is 0 Å². The molecule has 0 aliphatic heterocycles. The third-order valence-electron chi connectivity index (χ3n) is 2.99. The van der Waals surface area contributed by atoms with Crippen LogP contribution in [0.5, 0.6) is 0 Å². The Hall–Kier alpha value is -1.87. The molecule has 1 aromatic heterocycles. The minimum Gasteiger partial charge on any atom is -0.330 e. The lowest BCUT2D eigenvalue weighted by Crippen LogP contribution is -2.15. The van der Waals surface area contributed by atoms with E-state index < -0.39 is 0 Å². The molecule has 0 saturated heterocycles. The zero-order valence-corrected chi connectivity index (χ0v) is 10.9. The molecule has 0 saturated carbocycles. The molecule has 18 heavy (non-hydrogen) atoms. The molecule has 0 radical (unpaired) electrons. The number of benzene rings is 1. The number of rotatable bonds is 4. The van der Waals surface area contributed by atoms with E-state index in [0.717, 1.165) is 17.9 Å². The number of nitrogens with two attached hydrogens (primary N) is 1. The van der Waals surface area contributed by atoms with Crippen LogP contribution in [0, 0.1) is 6.92 Å². The van der Waals surface area contributed by atoms with Crippen molar-refractivity contribution in [2.75, 3.05) is 18.5 Å². The predicted octanol–water partition coefficient (Wildman–Crippen LogP) is 2.66. The number of pyridine rings is 1. The summed E-state index contributed by atoms with van der Waals surface area (Å²) in [6.07, 6.45) is 2.67. The molecule has 0 aliphatic rings. The van der Waals surface area contributed by atoms with E-state index in [1.54, 1.807) is 0 Å². The molecular formula is C15H19N3. The summed E-state index contributed by atoms with van der Waals surface area (Å²) < 4.78 is 0. The normalized spacial score (nSPS) is 10.4. The molecule has 0 atom stereocenters. The summed E-state index contributed by atoms with van der Waals surface area (Å²) in [6.45, 7) is 2.73. The Labute approximate surface area is 108 Å². The maximum atomic E-state index is 5.65. The van der Waals surface area contributed by atoms with E-state index in [-0.39, 0.29) is 0 Å². The molecule has 0 spiro atoms. The van der Waals surface area contributed by atoms with E-state index in [9.17, 15) is 0 Å². The van der Waals surface area contributed by atoms with Crippen molar-refractivity contribution in [1.29, 1.82) is 0 Å². The topological polar surface area (TPSA) is 42.2 Å². The molecule has 1 heterocycles. The summed E-state index contributed by atoms with van der Waals surface area (Å²) in [5, 5.41) is 0. The fourth-order valence-corrected chi connectivity index (χ4v) is 2.04. The van der Waals surface area contributed by atoms with Gasteiger partial charge in [0.05, 0.1) is 0 Å². The molecule has 2 N–H and O–H groups in total. The lowest BCUT2D eigenvalue weighted by Gasteiger charge is -2.21. The van der Waals surface area contributed by atoms with Crippen LogP contribution in [0.15, 0.2) is 42.6 Å². The molecule has 3 nitrogen and oxygen atoms in total. The van der Waals surface area contributed by atoms with Crippen molar-refractivity contribution in [3.63, 3.8) is 0 Å². The van der Waals surface area contributed by atoms with Gasteiger partial charge in [0.15, 0.2) is 0 Å². The van der Waals surface area contributed by atoms with Gasteiger partial charge in [-0.1, -0.05) is 18.2 Å². The molecule has 2 aromatic rings. The minimum atomic E-state index is 0.639. The highest BCUT2D eigenvalue weighted by Gasteiger charge is 2.09. The van der Waals surface area contributed by atoms with Crippen LogP contribution < -0.4 is 10.6 Å². The van der Waals surface area contributed by atoms with Crippen molar-refractivity contribution in [1.82, 2.24) is 4.98 Å². The summed E-state index contributed by atoms with van der Waals surface area (Å²) in [5.74, 6) is 0.980. The Morgan fingerprint density at radius 3 is 2.78 bits per heavy atom. The Balaban J connectivity index is 2.36. The van der Waals surface area contributed by atoms with Gasteiger partial charge >= 0.3 is 0 Å². The number of hydrogen-bond donors (Lipinski definition) is 1. The van der Waals surface area contributed by atoms with Gasteiger partial charge in [0.25, 0.3) is 0 Å². The smallest absolute Gasteiger partial charge is 0.135 e. The lowest BCUT2D eigenvalue weighted by molar-refractivity contribution is 0.945.